The van der Waals surface area contributed by atoms with Crippen molar-refractivity contribution in [2.75, 3.05) is 31.8 Å². The molecule has 0 bridgehead atoms. The molecule has 1 aromatic carbocycles. The maximum Gasteiger partial charge on any atom is 0.240 e. The number of primary amides is 1. The zero-order valence-corrected chi connectivity index (χ0v) is 22.7. The lowest BCUT2D eigenvalue weighted by atomic mass is 9.62. The first-order valence-electron chi connectivity index (χ1n) is 13.1. The van der Waals surface area contributed by atoms with E-state index >= 15 is 0 Å². The van der Waals surface area contributed by atoms with Crippen LogP contribution >= 0.6 is 0 Å². The number of anilines is 1. The molecule has 1 fully saturated rings. The van der Waals surface area contributed by atoms with Crippen LogP contribution < -0.4 is 15.4 Å². The molecule has 5 rings (SSSR count). The van der Waals surface area contributed by atoms with Crippen molar-refractivity contribution in [2.45, 2.75) is 70.1 Å². The molecule has 3 heterocycles. The van der Waals surface area contributed by atoms with E-state index in [1.807, 2.05) is 56.9 Å². The molecule has 4 aliphatic rings. The lowest BCUT2D eigenvalue weighted by Crippen LogP contribution is -2.55. The summed E-state index contributed by atoms with van der Waals surface area (Å²) in [7, 11) is 1.55. The maximum atomic E-state index is 14.4. The number of ether oxygens (including phenoxy) is 2. The number of benzene rings is 1. The fourth-order valence-electron chi connectivity index (χ4n) is 7.02. The van der Waals surface area contributed by atoms with Crippen molar-refractivity contribution in [2.24, 2.45) is 11.1 Å². The average molecular weight is 521 g/mol. The summed E-state index contributed by atoms with van der Waals surface area (Å²) < 4.78 is 11.7. The highest BCUT2D eigenvalue weighted by atomic mass is 16.5. The van der Waals surface area contributed by atoms with Crippen LogP contribution in [-0.4, -0.2) is 66.5 Å². The van der Waals surface area contributed by atoms with E-state index in [4.69, 9.17) is 15.2 Å². The van der Waals surface area contributed by atoms with Crippen molar-refractivity contribution < 1.29 is 24.2 Å². The third kappa shape index (κ3) is 3.62. The fourth-order valence-corrected chi connectivity index (χ4v) is 7.02. The minimum atomic E-state index is -1.03. The number of allylic oxidation sites excluding steroid dienone is 1. The van der Waals surface area contributed by atoms with Crippen LogP contribution in [0.1, 0.15) is 58.1 Å². The van der Waals surface area contributed by atoms with Gasteiger partial charge in [-0.2, -0.15) is 5.26 Å². The van der Waals surface area contributed by atoms with Crippen molar-refractivity contribution in [1.82, 2.24) is 4.90 Å². The molecule has 0 saturated carbocycles. The van der Waals surface area contributed by atoms with Crippen LogP contribution in [0.4, 0.5) is 5.69 Å². The summed E-state index contributed by atoms with van der Waals surface area (Å²) in [6, 6.07) is 5.44. The van der Waals surface area contributed by atoms with Gasteiger partial charge in [-0.25, -0.2) is 0 Å². The Bertz CT molecular complexity index is 1310. The molecule has 38 heavy (non-hydrogen) atoms. The minimum absolute atomic E-state index is 0.0661. The Morgan fingerprint density at radius 1 is 1.32 bits per heavy atom. The molecular formula is C29H36N4O5. The molecular weight excluding hydrogens is 484 g/mol. The van der Waals surface area contributed by atoms with Crippen molar-refractivity contribution >= 4 is 23.6 Å². The number of fused-ring (bicyclic) bond motifs is 4. The molecule has 1 saturated heterocycles. The van der Waals surface area contributed by atoms with Crippen LogP contribution in [0.2, 0.25) is 0 Å². The number of carbonyl (C=O) groups excluding carboxylic acids is 2. The van der Waals surface area contributed by atoms with Gasteiger partial charge in [0.2, 0.25) is 11.8 Å². The Morgan fingerprint density at radius 2 is 2.05 bits per heavy atom. The average Bonchev–Trinajstić information content (AvgIpc) is 3.21. The maximum absolute atomic E-state index is 14.4. The van der Waals surface area contributed by atoms with E-state index in [1.54, 1.807) is 12.0 Å². The molecule has 9 nitrogen and oxygen atoms in total. The largest absolute Gasteiger partial charge is 0.483 e. The third-order valence-electron chi connectivity index (χ3n) is 8.82. The molecule has 3 atom stereocenters. The molecule has 1 aliphatic carbocycles. The second-order valence-electron chi connectivity index (χ2n) is 11.9. The molecule has 2 amide bonds. The highest BCUT2D eigenvalue weighted by Gasteiger charge is 2.65. The van der Waals surface area contributed by atoms with E-state index in [9.17, 15) is 20.0 Å². The lowest BCUT2D eigenvalue weighted by molar-refractivity contribution is -0.129. The second-order valence-corrected chi connectivity index (χ2v) is 11.9. The van der Waals surface area contributed by atoms with Gasteiger partial charge in [-0.15, -0.1) is 0 Å². The smallest absolute Gasteiger partial charge is 0.240 e. The predicted octanol–water partition coefficient (Wildman–Crippen LogP) is 2.62. The van der Waals surface area contributed by atoms with Gasteiger partial charge in [-0.1, -0.05) is 19.9 Å². The van der Waals surface area contributed by atoms with Crippen LogP contribution in [0.3, 0.4) is 0 Å². The number of rotatable bonds is 5. The summed E-state index contributed by atoms with van der Waals surface area (Å²) in [6.45, 7) is 8.78. The number of piperidine rings is 1. The molecule has 3 aliphatic heterocycles. The SMILES string of the molecule is COCN1C(=O)[C@@]2(CC(CN3CCC[C@H](O)[C@@H]3C(N)=O)=C(C#N)C2(C)C)c2ccc3c(c21)C=CC(C)(C)O3. The van der Waals surface area contributed by atoms with Gasteiger partial charge in [0.25, 0.3) is 0 Å². The van der Waals surface area contributed by atoms with Crippen molar-refractivity contribution in [1.29, 1.82) is 5.26 Å². The number of amides is 2. The number of carbonyl (C=O) groups is 2. The quantitative estimate of drug-likeness (QED) is 0.611. The van der Waals surface area contributed by atoms with Crippen LogP contribution in [0.5, 0.6) is 5.75 Å². The zero-order valence-electron chi connectivity index (χ0n) is 22.7. The van der Waals surface area contributed by atoms with E-state index < -0.39 is 34.5 Å². The van der Waals surface area contributed by atoms with Crippen molar-refractivity contribution in [3.05, 3.63) is 40.5 Å². The van der Waals surface area contributed by atoms with E-state index in [2.05, 4.69) is 6.07 Å². The summed E-state index contributed by atoms with van der Waals surface area (Å²) in [5.41, 5.74) is 7.05. The standard InChI is InChI=1S/C29H36N4O5/c1-27(2)11-10-18-22(38-27)9-8-19-23(18)33(16-37-5)26(36)29(19)13-17(20(14-30)28(29,3)4)15-32-12-6-7-21(34)24(32)25(31)35/h8-11,21,24,34H,6-7,12-13,15-16H2,1-5H3,(H2,31,35)/t21-,24+,29+/m0/s1. The van der Waals surface area contributed by atoms with Gasteiger partial charge in [0.1, 0.15) is 24.1 Å². The van der Waals surface area contributed by atoms with Gasteiger partial charge in [0.15, 0.2) is 0 Å². The first-order valence-corrected chi connectivity index (χ1v) is 13.1. The molecule has 9 heteroatoms. The molecule has 1 aromatic rings. The van der Waals surface area contributed by atoms with Crippen LogP contribution in [0.15, 0.2) is 29.4 Å². The van der Waals surface area contributed by atoms with E-state index in [-0.39, 0.29) is 19.2 Å². The van der Waals surface area contributed by atoms with Crippen LogP contribution in [0.25, 0.3) is 6.08 Å². The van der Waals surface area contributed by atoms with Crippen molar-refractivity contribution in [3.8, 4) is 11.8 Å². The number of likely N-dealkylation sites (tertiary alicyclic amines) is 1. The predicted molar refractivity (Wildman–Crippen MR) is 142 cm³/mol. The lowest BCUT2D eigenvalue weighted by Gasteiger charge is -2.38. The molecule has 202 valence electrons. The summed E-state index contributed by atoms with van der Waals surface area (Å²) in [6.07, 6.45) is 4.66. The first-order chi connectivity index (χ1) is 17.9. The van der Waals surface area contributed by atoms with Gasteiger partial charge < -0.3 is 20.3 Å². The summed E-state index contributed by atoms with van der Waals surface area (Å²) in [4.78, 5) is 30.2. The van der Waals surface area contributed by atoms with E-state index in [0.717, 1.165) is 22.4 Å². The van der Waals surface area contributed by atoms with Crippen LogP contribution in [-0.2, 0) is 19.7 Å². The Balaban J connectivity index is 1.63. The van der Waals surface area contributed by atoms with Crippen molar-refractivity contribution in [3.63, 3.8) is 0 Å². The highest BCUT2D eigenvalue weighted by molar-refractivity contribution is 6.12. The third-order valence-corrected chi connectivity index (χ3v) is 8.82. The Kier molecular flexibility index (Phi) is 6.21. The molecule has 0 unspecified atom stereocenters. The van der Waals surface area contributed by atoms with Gasteiger partial charge in [0, 0.05) is 30.2 Å². The summed E-state index contributed by atoms with van der Waals surface area (Å²) >= 11 is 0. The minimum Gasteiger partial charge on any atom is -0.483 e. The molecule has 0 aromatic heterocycles. The van der Waals surface area contributed by atoms with Gasteiger partial charge in [-0.3, -0.25) is 19.4 Å². The molecule has 3 N–H and O–H groups in total. The zero-order chi connectivity index (χ0) is 27.6. The van der Waals surface area contributed by atoms with Gasteiger partial charge >= 0.3 is 0 Å². The Morgan fingerprint density at radius 3 is 2.71 bits per heavy atom. The monoisotopic (exact) mass is 520 g/mol. The van der Waals surface area contributed by atoms with E-state index in [1.165, 1.54) is 0 Å². The van der Waals surface area contributed by atoms with Gasteiger partial charge in [-0.05, 0) is 69.0 Å². The second kappa shape index (κ2) is 8.94. The Hall–Kier alpha value is -3.19. The fraction of sp³-hybridized carbons (Fsp3) is 0.552. The molecule has 1 spiro atoms. The van der Waals surface area contributed by atoms with Crippen LogP contribution in [0, 0.1) is 16.7 Å². The number of nitrogens with two attached hydrogens (primary N) is 1. The Labute approximate surface area is 223 Å². The number of aliphatic hydroxyl groups excluding tert-OH is 1. The summed E-state index contributed by atoms with van der Waals surface area (Å²) in [5.74, 6) is -0.0182. The number of nitriles is 1. The first kappa shape index (κ1) is 26.4. The normalized spacial score (nSPS) is 29.3. The number of methoxy groups -OCH3 is 1. The number of hydrogen-bond donors (Lipinski definition) is 2. The number of hydrogen-bond acceptors (Lipinski definition) is 7. The summed E-state index contributed by atoms with van der Waals surface area (Å²) in [5, 5.41) is 20.9. The van der Waals surface area contributed by atoms with Gasteiger partial charge in [0.05, 0.1) is 23.3 Å². The molecule has 0 radical (unpaired) electrons. The van der Waals surface area contributed by atoms with E-state index in [0.29, 0.717) is 37.1 Å². The number of aliphatic hydroxyl groups is 1. The highest BCUT2D eigenvalue weighted by Crippen LogP contribution is 2.63. The topological polar surface area (TPSA) is 129 Å². The number of nitrogens with zero attached hydrogens (tertiary/aromatic N) is 3.